The molecule has 78 valence electrons. The first-order valence-corrected chi connectivity index (χ1v) is 5.80. The van der Waals surface area contributed by atoms with Crippen molar-refractivity contribution in [2.45, 2.75) is 64.9 Å². The predicted octanol–water partition coefficient (Wildman–Crippen LogP) is 3.36. The molecule has 0 aliphatic heterocycles. The van der Waals surface area contributed by atoms with Gasteiger partial charge in [0.1, 0.15) is 0 Å². The summed E-state index contributed by atoms with van der Waals surface area (Å²) in [6.07, 6.45) is 6.73. The lowest BCUT2D eigenvalue weighted by Gasteiger charge is -2.25. The van der Waals surface area contributed by atoms with E-state index in [2.05, 4.69) is 20.8 Å². The van der Waals surface area contributed by atoms with Gasteiger partial charge in [0.15, 0.2) is 0 Å². The summed E-state index contributed by atoms with van der Waals surface area (Å²) in [4.78, 5) is 0. The monoisotopic (exact) mass is 184 g/mol. The van der Waals surface area contributed by atoms with Crippen LogP contribution in [0.2, 0.25) is 0 Å². The van der Waals surface area contributed by atoms with Gasteiger partial charge in [0.05, 0.1) is 5.60 Å². The van der Waals surface area contributed by atoms with Crippen LogP contribution in [0.15, 0.2) is 0 Å². The summed E-state index contributed by atoms with van der Waals surface area (Å²) in [6.45, 7) is 6.72. The van der Waals surface area contributed by atoms with Gasteiger partial charge in [0.2, 0.25) is 0 Å². The average molecular weight is 184 g/mol. The van der Waals surface area contributed by atoms with Crippen molar-refractivity contribution in [3.05, 3.63) is 0 Å². The molecule has 1 saturated carbocycles. The van der Waals surface area contributed by atoms with E-state index >= 15 is 0 Å². The molecule has 1 N–H and O–H groups in total. The van der Waals surface area contributed by atoms with E-state index in [4.69, 9.17) is 0 Å². The zero-order valence-corrected chi connectivity index (χ0v) is 9.34. The second-order valence-electron chi connectivity index (χ2n) is 5.01. The van der Waals surface area contributed by atoms with Crippen LogP contribution in [-0.2, 0) is 0 Å². The molecule has 13 heavy (non-hydrogen) atoms. The number of hydrogen-bond acceptors (Lipinski definition) is 1. The Hall–Kier alpha value is -0.0400. The molecular weight excluding hydrogens is 160 g/mol. The van der Waals surface area contributed by atoms with Gasteiger partial charge >= 0.3 is 0 Å². The maximum atomic E-state index is 10.2. The van der Waals surface area contributed by atoms with Gasteiger partial charge in [0, 0.05) is 0 Å². The topological polar surface area (TPSA) is 20.2 Å². The van der Waals surface area contributed by atoms with E-state index in [9.17, 15) is 5.11 Å². The SMILES string of the molecule is CCC1(O)CCCC(C(C)C)CC1. The van der Waals surface area contributed by atoms with Gasteiger partial charge in [0.25, 0.3) is 0 Å². The summed E-state index contributed by atoms with van der Waals surface area (Å²) in [5, 5.41) is 10.2. The van der Waals surface area contributed by atoms with Crippen molar-refractivity contribution in [1.82, 2.24) is 0 Å². The summed E-state index contributed by atoms with van der Waals surface area (Å²) in [7, 11) is 0. The number of hydrogen-bond donors (Lipinski definition) is 1. The highest BCUT2D eigenvalue weighted by atomic mass is 16.3. The highest BCUT2D eigenvalue weighted by Gasteiger charge is 2.29. The first-order valence-electron chi connectivity index (χ1n) is 5.80. The fraction of sp³-hybridized carbons (Fsp3) is 1.00. The van der Waals surface area contributed by atoms with Crippen LogP contribution >= 0.6 is 0 Å². The van der Waals surface area contributed by atoms with Crippen molar-refractivity contribution in [3.63, 3.8) is 0 Å². The number of aliphatic hydroxyl groups is 1. The molecule has 2 unspecified atom stereocenters. The van der Waals surface area contributed by atoms with Crippen LogP contribution in [0.1, 0.15) is 59.3 Å². The van der Waals surface area contributed by atoms with Gasteiger partial charge in [-0.15, -0.1) is 0 Å². The molecule has 1 aliphatic rings. The Morgan fingerprint density at radius 2 is 2.00 bits per heavy atom. The lowest BCUT2D eigenvalue weighted by molar-refractivity contribution is 0.0196. The minimum atomic E-state index is -0.330. The zero-order chi connectivity index (χ0) is 9.90. The van der Waals surface area contributed by atoms with E-state index < -0.39 is 0 Å². The highest BCUT2D eigenvalue weighted by Crippen LogP contribution is 2.35. The fourth-order valence-corrected chi connectivity index (χ4v) is 2.44. The molecule has 1 fully saturated rings. The van der Waals surface area contributed by atoms with Crippen LogP contribution in [0.25, 0.3) is 0 Å². The first kappa shape index (κ1) is 11.0. The van der Waals surface area contributed by atoms with Crippen LogP contribution in [0.4, 0.5) is 0 Å². The fourth-order valence-electron chi connectivity index (χ4n) is 2.44. The van der Waals surface area contributed by atoms with Crippen LogP contribution in [0.3, 0.4) is 0 Å². The minimum Gasteiger partial charge on any atom is -0.390 e. The maximum Gasteiger partial charge on any atom is 0.0645 e. The first-order chi connectivity index (χ1) is 6.07. The zero-order valence-electron chi connectivity index (χ0n) is 9.34. The second-order valence-corrected chi connectivity index (χ2v) is 5.01. The van der Waals surface area contributed by atoms with Gasteiger partial charge in [-0.2, -0.15) is 0 Å². The third kappa shape index (κ3) is 2.98. The van der Waals surface area contributed by atoms with Crippen molar-refractivity contribution in [2.24, 2.45) is 11.8 Å². The van der Waals surface area contributed by atoms with E-state index in [1.165, 1.54) is 19.3 Å². The lowest BCUT2D eigenvalue weighted by Crippen LogP contribution is -2.26. The number of rotatable bonds is 2. The summed E-state index contributed by atoms with van der Waals surface area (Å²) in [5.74, 6) is 1.64. The Morgan fingerprint density at radius 3 is 2.54 bits per heavy atom. The van der Waals surface area contributed by atoms with Crippen molar-refractivity contribution in [3.8, 4) is 0 Å². The van der Waals surface area contributed by atoms with E-state index in [1.807, 2.05) is 0 Å². The molecule has 0 aromatic rings. The van der Waals surface area contributed by atoms with Crippen molar-refractivity contribution >= 4 is 0 Å². The van der Waals surface area contributed by atoms with Crippen molar-refractivity contribution < 1.29 is 5.11 Å². The third-order valence-corrected chi connectivity index (χ3v) is 3.80. The van der Waals surface area contributed by atoms with Gasteiger partial charge in [-0.3, -0.25) is 0 Å². The molecule has 1 rings (SSSR count). The molecule has 0 heterocycles. The standard InChI is InChI=1S/C12H24O/c1-4-12(13)8-5-6-11(7-9-12)10(2)3/h10-11,13H,4-9H2,1-3H3. The van der Waals surface area contributed by atoms with Crippen LogP contribution in [0, 0.1) is 11.8 Å². The van der Waals surface area contributed by atoms with Crippen LogP contribution < -0.4 is 0 Å². The van der Waals surface area contributed by atoms with Gasteiger partial charge in [-0.05, 0) is 37.5 Å². The molecule has 0 saturated heterocycles. The Labute approximate surface area is 82.5 Å². The molecule has 0 radical (unpaired) electrons. The molecule has 0 bridgehead atoms. The lowest BCUT2D eigenvalue weighted by atomic mass is 9.87. The smallest absolute Gasteiger partial charge is 0.0645 e. The van der Waals surface area contributed by atoms with E-state index in [0.29, 0.717) is 0 Å². The minimum absolute atomic E-state index is 0.330. The molecular formula is C12H24O. The molecule has 0 aromatic carbocycles. The maximum absolute atomic E-state index is 10.2. The van der Waals surface area contributed by atoms with E-state index in [1.54, 1.807) is 0 Å². The van der Waals surface area contributed by atoms with Crippen LogP contribution in [0.5, 0.6) is 0 Å². The molecule has 1 nitrogen and oxygen atoms in total. The molecule has 0 spiro atoms. The summed E-state index contributed by atoms with van der Waals surface area (Å²) in [6, 6.07) is 0. The van der Waals surface area contributed by atoms with E-state index in [0.717, 1.165) is 31.1 Å². The Kier molecular flexibility index (Phi) is 3.78. The average Bonchev–Trinajstić information content (AvgIpc) is 2.28. The molecule has 2 atom stereocenters. The summed E-state index contributed by atoms with van der Waals surface area (Å²) >= 11 is 0. The van der Waals surface area contributed by atoms with Crippen LogP contribution in [-0.4, -0.2) is 10.7 Å². The Balaban J connectivity index is 2.48. The van der Waals surface area contributed by atoms with E-state index in [-0.39, 0.29) is 5.60 Å². The molecule has 0 amide bonds. The summed E-state index contributed by atoms with van der Waals surface area (Å²) < 4.78 is 0. The van der Waals surface area contributed by atoms with Gasteiger partial charge < -0.3 is 5.11 Å². The predicted molar refractivity (Wildman–Crippen MR) is 56.7 cm³/mol. The Morgan fingerprint density at radius 1 is 1.31 bits per heavy atom. The quantitative estimate of drug-likeness (QED) is 0.652. The van der Waals surface area contributed by atoms with Gasteiger partial charge in [-0.25, -0.2) is 0 Å². The largest absolute Gasteiger partial charge is 0.390 e. The Bertz CT molecular complexity index is 153. The molecule has 0 aromatic heterocycles. The molecule has 1 aliphatic carbocycles. The van der Waals surface area contributed by atoms with Crippen molar-refractivity contribution in [2.75, 3.05) is 0 Å². The van der Waals surface area contributed by atoms with Crippen molar-refractivity contribution in [1.29, 1.82) is 0 Å². The highest BCUT2D eigenvalue weighted by molar-refractivity contribution is 4.82. The van der Waals surface area contributed by atoms with Gasteiger partial charge in [-0.1, -0.05) is 33.6 Å². The summed E-state index contributed by atoms with van der Waals surface area (Å²) in [5.41, 5.74) is -0.330. The normalized spacial score (nSPS) is 36.2. The molecule has 1 heteroatoms. The third-order valence-electron chi connectivity index (χ3n) is 3.80. The second kappa shape index (κ2) is 4.45.